The number of amides is 2. The molecule has 2 aromatic carbocycles. The van der Waals surface area contributed by atoms with Crippen molar-refractivity contribution >= 4 is 57.7 Å². The molecule has 31 heavy (non-hydrogen) atoms. The zero-order valence-corrected chi connectivity index (χ0v) is 18.3. The van der Waals surface area contributed by atoms with Crippen molar-refractivity contribution in [2.45, 2.75) is 0 Å². The number of thiophene rings is 1. The Labute approximate surface area is 192 Å². The summed E-state index contributed by atoms with van der Waals surface area (Å²) in [6, 6.07) is 19.0. The summed E-state index contributed by atoms with van der Waals surface area (Å²) in [5.41, 5.74) is 2.75. The van der Waals surface area contributed by atoms with Crippen molar-refractivity contribution in [2.75, 3.05) is 10.6 Å². The lowest BCUT2D eigenvalue weighted by atomic mass is 10.1. The fourth-order valence-corrected chi connectivity index (χ4v) is 4.00. The number of benzene rings is 2. The molecule has 0 aliphatic heterocycles. The van der Waals surface area contributed by atoms with E-state index in [0.29, 0.717) is 32.5 Å². The molecule has 4 aromatic rings. The second kappa shape index (κ2) is 9.31. The molecule has 2 N–H and O–H groups in total. The Morgan fingerprint density at radius 1 is 0.806 bits per heavy atom. The Morgan fingerprint density at radius 2 is 1.58 bits per heavy atom. The first-order valence-electron chi connectivity index (χ1n) is 9.18. The molecule has 0 saturated heterocycles. The second-order valence-electron chi connectivity index (χ2n) is 6.49. The SMILES string of the molecule is O=C(Nc1ccc(C(=O)Nc2ccc(Cl)c(-c3ccccn3)c2)c(Cl)c1)c1cccs1. The number of halogens is 2. The zero-order valence-electron chi connectivity index (χ0n) is 15.9. The molecule has 0 fully saturated rings. The average Bonchev–Trinajstić information content (AvgIpc) is 3.31. The third kappa shape index (κ3) is 4.94. The van der Waals surface area contributed by atoms with Gasteiger partial charge in [-0.05, 0) is 60.0 Å². The predicted molar refractivity (Wildman–Crippen MR) is 126 cm³/mol. The molecule has 0 aliphatic rings. The second-order valence-corrected chi connectivity index (χ2v) is 8.25. The molecule has 0 saturated carbocycles. The van der Waals surface area contributed by atoms with E-state index in [0.717, 1.165) is 0 Å². The van der Waals surface area contributed by atoms with Crippen LogP contribution in [-0.2, 0) is 0 Å². The van der Waals surface area contributed by atoms with Crippen LogP contribution in [0.15, 0.2) is 78.3 Å². The lowest BCUT2D eigenvalue weighted by molar-refractivity contribution is 0.102. The largest absolute Gasteiger partial charge is 0.322 e. The van der Waals surface area contributed by atoms with Crippen LogP contribution >= 0.6 is 34.5 Å². The van der Waals surface area contributed by atoms with Gasteiger partial charge in [-0.15, -0.1) is 11.3 Å². The molecule has 2 aromatic heterocycles. The number of carbonyl (C=O) groups excluding carboxylic acids is 2. The van der Waals surface area contributed by atoms with Gasteiger partial charge in [-0.3, -0.25) is 14.6 Å². The predicted octanol–water partition coefficient (Wildman–Crippen LogP) is 6.62. The van der Waals surface area contributed by atoms with E-state index >= 15 is 0 Å². The molecule has 2 heterocycles. The first-order chi connectivity index (χ1) is 15.0. The Kier molecular flexibility index (Phi) is 6.32. The van der Waals surface area contributed by atoms with E-state index in [1.54, 1.807) is 54.7 Å². The molecule has 5 nitrogen and oxygen atoms in total. The highest BCUT2D eigenvalue weighted by molar-refractivity contribution is 7.12. The minimum absolute atomic E-state index is 0.223. The van der Waals surface area contributed by atoms with Crippen molar-refractivity contribution in [1.82, 2.24) is 4.98 Å². The first-order valence-corrected chi connectivity index (χ1v) is 10.8. The van der Waals surface area contributed by atoms with Gasteiger partial charge in [0.05, 0.1) is 26.2 Å². The van der Waals surface area contributed by atoms with Crippen molar-refractivity contribution in [3.63, 3.8) is 0 Å². The summed E-state index contributed by atoms with van der Waals surface area (Å²) in [5, 5.41) is 8.17. The summed E-state index contributed by atoms with van der Waals surface area (Å²) in [4.78, 5) is 29.8. The normalized spacial score (nSPS) is 10.5. The van der Waals surface area contributed by atoms with Crippen LogP contribution in [-0.4, -0.2) is 16.8 Å². The summed E-state index contributed by atoms with van der Waals surface area (Å²) < 4.78 is 0. The topological polar surface area (TPSA) is 71.1 Å². The molecular weight excluding hydrogens is 453 g/mol. The highest BCUT2D eigenvalue weighted by Gasteiger charge is 2.14. The van der Waals surface area contributed by atoms with Crippen LogP contribution < -0.4 is 10.6 Å². The summed E-state index contributed by atoms with van der Waals surface area (Å²) in [6.45, 7) is 0. The Morgan fingerprint density at radius 3 is 2.29 bits per heavy atom. The summed E-state index contributed by atoms with van der Waals surface area (Å²) in [6.07, 6.45) is 1.68. The minimum atomic E-state index is -0.379. The monoisotopic (exact) mass is 467 g/mol. The number of carbonyl (C=O) groups is 2. The van der Waals surface area contributed by atoms with E-state index in [9.17, 15) is 9.59 Å². The van der Waals surface area contributed by atoms with Gasteiger partial charge in [0.15, 0.2) is 0 Å². The Bertz CT molecular complexity index is 1250. The van der Waals surface area contributed by atoms with E-state index in [2.05, 4.69) is 15.6 Å². The number of hydrogen-bond acceptors (Lipinski definition) is 4. The molecule has 154 valence electrons. The summed E-state index contributed by atoms with van der Waals surface area (Å²) >= 11 is 13.9. The standard InChI is InChI=1S/C23H15Cl2N3O2S/c24-18-9-7-14(12-17(18)20-4-1-2-10-26-20)27-22(29)16-8-6-15(13-19(16)25)28-23(30)21-5-3-11-31-21/h1-13H,(H,27,29)(H,28,30). The van der Waals surface area contributed by atoms with E-state index in [1.165, 1.54) is 11.3 Å². The van der Waals surface area contributed by atoms with Crippen molar-refractivity contribution in [3.05, 3.63) is 98.8 Å². The van der Waals surface area contributed by atoms with E-state index < -0.39 is 0 Å². The Balaban J connectivity index is 1.51. The van der Waals surface area contributed by atoms with Gasteiger partial charge in [0.1, 0.15) is 0 Å². The minimum Gasteiger partial charge on any atom is -0.322 e. The van der Waals surface area contributed by atoms with Gasteiger partial charge in [-0.2, -0.15) is 0 Å². The van der Waals surface area contributed by atoms with E-state index in [4.69, 9.17) is 23.2 Å². The van der Waals surface area contributed by atoms with Gasteiger partial charge in [0.25, 0.3) is 11.8 Å². The maximum atomic E-state index is 12.8. The fourth-order valence-electron chi connectivity index (χ4n) is 2.90. The molecule has 8 heteroatoms. The van der Waals surface area contributed by atoms with Gasteiger partial charge >= 0.3 is 0 Å². The van der Waals surface area contributed by atoms with E-state index in [-0.39, 0.29) is 22.4 Å². The number of anilines is 2. The van der Waals surface area contributed by atoms with Crippen molar-refractivity contribution in [1.29, 1.82) is 0 Å². The van der Waals surface area contributed by atoms with Gasteiger partial charge < -0.3 is 10.6 Å². The molecule has 4 rings (SSSR count). The van der Waals surface area contributed by atoms with Gasteiger partial charge in [0, 0.05) is 23.1 Å². The van der Waals surface area contributed by atoms with Crippen molar-refractivity contribution < 1.29 is 9.59 Å². The smallest absolute Gasteiger partial charge is 0.265 e. The van der Waals surface area contributed by atoms with Crippen LogP contribution in [0.25, 0.3) is 11.3 Å². The Hall–Kier alpha value is -3.19. The number of pyridine rings is 1. The quantitative estimate of drug-likeness (QED) is 0.346. The lowest BCUT2D eigenvalue weighted by Crippen LogP contribution is -2.14. The van der Waals surface area contributed by atoms with E-state index in [1.807, 2.05) is 23.6 Å². The van der Waals surface area contributed by atoms with Crippen LogP contribution in [0.3, 0.4) is 0 Å². The van der Waals surface area contributed by atoms with Gasteiger partial charge in [-0.25, -0.2) is 0 Å². The van der Waals surface area contributed by atoms with Crippen LogP contribution in [0.5, 0.6) is 0 Å². The highest BCUT2D eigenvalue weighted by atomic mass is 35.5. The van der Waals surface area contributed by atoms with Gasteiger partial charge in [0.2, 0.25) is 0 Å². The van der Waals surface area contributed by atoms with Crippen molar-refractivity contribution in [3.8, 4) is 11.3 Å². The lowest BCUT2D eigenvalue weighted by Gasteiger charge is -2.11. The highest BCUT2D eigenvalue weighted by Crippen LogP contribution is 2.30. The number of nitrogens with zero attached hydrogens (tertiary/aromatic N) is 1. The van der Waals surface area contributed by atoms with Gasteiger partial charge in [-0.1, -0.05) is 35.3 Å². The van der Waals surface area contributed by atoms with Crippen LogP contribution in [0.1, 0.15) is 20.0 Å². The summed E-state index contributed by atoms with van der Waals surface area (Å²) in [5.74, 6) is -0.609. The number of aromatic nitrogens is 1. The summed E-state index contributed by atoms with van der Waals surface area (Å²) in [7, 11) is 0. The molecule has 0 radical (unpaired) electrons. The molecule has 0 bridgehead atoms. The fraction of sp³-hybridized carbons (Fsp3) is 0. The van der Waals surface area contributed by atoms with Crippen LogP contribution in [0.4, 0.5) is 11.4 Å². The molecule has 0 aliphatic carbocycles. The molecule has 0 atom stereocenters. The first kappa shape index (κ1) is 21.1. The molecule has 2 amide bonds. The number of nitrogens with one attached hydrogen (secondary N) is 2. The third-order valence-electron chi connectivity index (χ3n) is 4.38. The maximum Gasteiger partial charge on any atom is 0.265 e. The van der Waals surface area contributed by atoms with Crippen molar-refractivity contribution in [2.24, 2.45) is 0 Å². The van der Waals surface area contributed by atoms with Crippen LogP contribution in [0, 0.1) is 0 Å². The van der Waals surface area contributed by atoms with Crippen LogP contribution in [0.2, 0.25) is 10.0 Å². The maximum absolute atomic E-state index is 12.8. The molecule has 0 unspecified atom stereocenters. The number of hydrogen-bond donors (Lipinski definition) is 2. The third-order valence-corrected chi connectivity index (χ3v) is 5.89. The average molecular weight is 468 g/mol. The molecular formula is C23H15Cl2N3O2S. The number of rotatable bonds is 5. The molecule has 0 spiro atoms. The zero-order chi connectivity index (χ0) is 21.8.